The average Bonchev–Trinajstić information content (AvgIpc) is 3.10. The lowest BCUT2D eigenvalue weighted by molar-refractivity contribution is 0.0427. The second-order valence-electron chi connectivity index (χ2n) is 5.02. The largest absolute Gasteiger partial charge is 0.489 e. The number of rotatable bonds is 6. The monoisotopic (exact) mass is 377 g/mol. The predicted molar refractivity (Wildman–Crippen MR) is 92.9 cm³/mol. The molecule has 1 aromatic carbocycles. The van der Waals surface area contributed by atoms with Crippen molar-refractivity contribution >= 4 is 29.2 Å². The number of carbonyl (C=O) groups excluding carboxylic acids is 1. The molecule has 7 heteroatoms. The molecule has 2 aromatic heterocycles. The number of halogens is 2. The minimum absolute atomic E-state index is 0.0779. The van der Waals surface area contributed by atoms with E-state index in [1.54, 1.807) is 18.2 Å². The number of para-hydroxylation sites is 1. The summed E-state index contributed by atoms with van der Waals surface area (Å²) in [7, 11) is 0. The van der Waals surface area contributed by atoms with Gasteiger partial charge in [-0.2, -0.15) is 0 Å². The SMILES string of the molecule is O=C(OCc1nc(Cl)ccc1Cl)c1occc1COc1ccccc1. The Hall–Kier alpha value is -2.50. The molecule has 0 atom stereocenters. The van der Waals surface area contributed by atoms with Crippen LogP contribution in [0.4, 0.5) is 0 Å². The molecule has 25 heavy (non-hydrogen) atoms. The van der Waals surface area contributed by atoms with E-state index in [1.165, 1.54) is 6.26 Å². The van der Waals surface area contributed by atoms with Crippen LogP contribution in [-0.2, 0) is 18.0 Å². The molecular formula is C18H13Cl2NO4. The highest BCUT2D eigenvalue weighted by Gasteiger charge is 2.18. The fourth-order valence-electron chi connectivity index (χ4n) is 2.06. The molecule has 0 unspecified atom stereocenters. The zero-order chi connectivity index (χ0) is 17.6. The maximum absolute atomic E-state index is 12.2. The molecule has 3 rings (SSSR count). The molecule has 128 valence electrons. The Morgan fingerprint density at radius 3 is 2.64 bits per heavy atom. The zero-order valence-electron chi connectivity index (χ0n) is 12.9. The third kappa shape index (κ3) is 4.53. The number of carbonyl (C=O) groups is 1. The van der Waals surface area contributed by atoms with E-state index in [9.17, 15) is 4.79 Å². The smallest absolute Gasteiger partial charge is 0.375 e. The predicted octanol–water partition coefficient (Wildman–Crippen LogP) is 4.92. The van der Waals surface area contributed by atoms with Gasteiger partial charge in [-0.1, -0.05) is 41.4 Å². The van der Waals surface area contributed by atoms with Crippen LogP contribution >= 0.6 is 23.2 Å². The number of hydrogen-bond donors (Lipinski definition) is 0. The summed E-state index contributed by atoms with van der Waals surface area (Å²) in [5.74, 6) is 0.140. The number of aromatic nitrogens is 1. The van der Waals surface area contributed by atoms with Gasteiger partial charge in [0.15, 0.2) is 0 Å². The van der Waals surface area contributed by atoms with Crippen molar-refractivity contribution in [2.24, 2.45) is 0 Å². The number of benzene rings is 1. The van der Waals surface area contributed by atoms with Crippen LogP contribution in [-0.4, -0.2) is 11.0 Å². The van der Waals surface area contributed by atoms with Crippen molar-refractivity contribution in [1.29, 1.82) is 0 Å². The molecule has 0 radical (unpaired) electrons. The Morgan fingerprint density at radius 1 is 1.04 bits per heavy atom. The Morgan fingerprint density at radius 2 is 1.84 bits per heavy atom. The third-order valence-corrected chi connectivity index (χ3v) is 3.85. The van der Waals surface area contributed by atoms with Gasteiger partial charge in [-0.15, -0.1) is 0 Å². The van der Waals surface area contributed by atoms with Gasteiger partial charge in [0.1, 0.15) is 24.1 Å². The first-order valence-electron chi connectivity index (χ1n) is 7.36. The lowest BCUT2D eigenvalue weighted by Gasteiger charge is -2.07. The molecule has 0 amide bonds. The third-order valence-electron chi connectivity index (χ3n) is 3.29. The van der Waals surface area contributed by atoms with E-state index >= 15 is 0 Å². The maximum atomic E-state index is 12.2. The van der Waals surface area contributed by atoms with E-state index in [2.05, 4.69) is 4.98 Å². The number of nitrogens with zero attached hydrogens (tertiary/aromatic N) is 1. The Balaban J connectivity index is 1.63. The van der Waals surface area contributed by atoms with Crippen LogP contribution in [0.1, 0.15) is 21.8 Å². The summed E-state index contributed by atoms with van der Waals surface area (Å²) in [5.41, 5.74) is 0.954. The first kappa shape index (κ1) is 17.3. The van der Waals surface area contributed by atoms with Crippen LogP contribution in [0.3, 0.4) is 0 Å². The Bertz CT molecular complexity index is 865. The lowest BCUT2D eigenvalue weighted by atomic mass is 10.2. The summed E-state index contributed by atoms with van der Waals surface area (Å²) in [6, 6.07) is 14.1. The number of furan rings is 1. The lowest BCUT2D eigenvalue weighted by Crippen LogP contribution is -2.09. The first-order chi connectivity index (χ1) is 12.1. The molecule has 0 N–H and O–H groups in total. The fourth-order valence-corrected chi connectivity index (χ4v) is 2.39. The van der Waals surface area contributed by atoms with Gasteiger partial charge in [0.2, 0.25) is 5.76 Å². The molecular weight excluding hydrogens is 365 g/mol. The van der Waals surface area contributed by atoms with Crippen molar-refractivity contribution in [3.8, 4) is 5.75 Å². The van der Waals surface area contributed by atoms with E-state index < -0.39 is 5.97 Å². The topological polar surface area (TPSA) is 61.6 Å². The molecule has 0 spiro atoms. The second kappa shape index (κ2) is 8.05. The molecule has 0 aliphatic heterocycles. The van der Waals surface area contributed by atoms with Crippen molar-refractivity contribution < 1.29 is 18.7 Å². The van der Waals surface area contributed by atoms with E-state index in [-0.39, 0.29) is 24.1 Å². The molecule has 0 aliphatic carbocycles. The number of ether oxygens (including phenoxy) is 2. The van der Waals surface area contributed by atoms with Crippen LogP contribution in [0.5, 0.6) is 5.75 Å². The zero-order valence-corrected chi connectivity index (χ0v) is 14.5. The summed E-state index contributed by atoms with van der Waals surface area (Å²) < 4.78 is 16.1. The van der Waals surface area contributed by atoms with Gasteiger partial charge < -0.3 is 13.9 Å². The van der Waals surface area contributed by atoms with Gasteiger partial charge in [-0.3, -0.25) is 0 Å². The molecule has 0 saturated carbocycles. The van der Waals surface area contributed by atoms with Crippen LogP contribution < -0.4 is 4.74 Å². The molecule has 5 nitrogen and oxygen atoms in total. The fraction of sp³-hybridized carbons (Fsp3) is 0.111. The highest BCUT2D eigenvalue weighted by Crippen LogP contribution is 2.20. The quantitative estimate of drug-likeness (QED) is 0.450. The van der Waals surface area contributed by atoms with E-state index in [1.807, 2.05) is 30.3 Å². The summed E-state index contributed by atoms with van der Waals surface area (Å²) >= 11 is 11.8. The van der Waals surface area contributed by atoms with Crippen molar-refractivity contribution in [2.75, 3.05) is 0 Å². The highest BCUT2D eigenvalue weighted by molar-refractivity contribution is 6.32. The first-order valence-corrected chi connectivity index (χ1v) is 8.11. The molecule has 0 saturated heterocycles. The van der Waals surface area contributed by atoms with Crippen molar-refractivity contribution in [3.05, 3.63) is 82.0 Å². The highest BCUT2D eigenvalue weighted by atomic mass is 35.5. The van der Waals surface area contributed by atoms with Gasteiger partial charge >= 0.3 is 5.97 Å². The van der Waals surface area contributed by atoms with Crippen LogP contribution in [0.25, 0.3) is 0 Å². The summed E-state index contributed by atoms with van der Waals surface area (Å²) in [5, 5.41) is 0.634. The summed E-state index contributed by atoms with van der Waals surface area (Å²) in [4.78, 5) is 16.3. The second-order valence-corrected chi connectivity index (χ2v) is 5.81. The number of pyridine rings is 1. The van der Waals surface area contributed by atoms with Crippen LogP contribution in [0, 0.1) is 0 Å². The van der Waals surface area contributed by atoms with Gasteiger partial charge in [0, 0.05) is 5.56 Å². The standard InChI is InChI=1S/C18H13Cl2NO4/c19-14-6-7-16(20)21-15(14)11-25-18(22)17-12(8-9-23-17)10-24-13-4-2-1-3-5-13/h1-9H,10-11H2. The normalized spacial score (nSPS) is 10.5. The Kier molecular flexibility index (Phi) is 5.58. The number of esters is 1. The molecule has 0 aliphatic rings. The molecule has 2 heterocycles. The minimum Gasteiger partial charge on any atom is -0.489 e. The number of hydrogen-bond acceptors (Lipinski definition) is 5. The Labute approximate surface area is 154 Å². The molecule has 0 fully saturated rings. The van der Waals surface area contributed by atoms with E-state index in [0.29, 0.717) is 22.0 Å². The minimum atomic E-state index is -0.630. The van der Waals surface area contributed by atoms with Gasteiger partial charge in [0.25, 0.3) is 0 Å². The van der Waals surface area contributed by atoms with Gasteiger partial charge in [-0.05, 0) is 30.3 Å². The molecule has 3 aromatic rings. The van der Waals surface area contributed by atoms with Gasteiger partial charge in [-0.25, -0.2) is 9.78 Å². The molecule has 0 bridgehead atoms. The van der Waals surface area contributed by atoms with E-state index in [4.69, 9.17) is 37.1 Å². The van der Waals surface area contributed by atoms with Crippen LogP contribution in [0.15, 0.2) is 59.2 Å². The summed E-state index contributed by atoms with van der Waals surface area (Å²) in [6.45, 7) is 0.0685. The van der Waals surface area contributed by atoms with Crippen LogP contribution in [0.2, 0.25) is 10.2 Å². The van der Waals surface area contributed by atoms with Crippen molar-refractivity contribution in [2.45, 2.75) is 13.2 Å². The van der Waals surface area contributed by atoms with Crippen molar-refractivity contribution in [1.82, 2.24) is 4.98 Å². The van der Waals surface area contributed by atoms with Crippen molar-refractivity contribution in [3.63, 3.8) is 0 Å². The average molecular weight is 378 g/mol. The van der Waals surface area contributed by atoms with Gasteiger partial charge in [0.05, 0.1) is 17.0 Å². The maximum Gasteiger partial charge on any atom is 0.375 e. The van der Waals surface area contributed by atoms with E-state index in [0.717, 1.165) is 0 Å². The summed E-state index contributed by atoms with van der Waals surface area (Å²) in [6.07, 6.45) is 1.41.